The van der Waals surface area contributed by atoms with Gasteiger partial charge in [-0.1, -0.05) is 62.7 Å². The molecule has 0 fully saturated rings. The zero-order valence-electron chi connectivity index (χ0n) is 17.9. The van der Waals surface area contributed by atoms with Gasteiger partial charge in [0.15, 0.2) is 0 Å². The number of thiol groups is 1. The van der Waals surface area contributed by atoms with Crippen LogP contribution in [0.15, 0.2) is 41.3 Å². The Labute approximate surface area is 182 Å². The van der Waals surface area contributed by atoms with Crippen LogP contribution in [0, 0.1) is 20.8 Å². The van der Waals surface area contributed by atoms with E-state index in [4.69, 9.17) is 0 Å². The van der Waals surface area contributed by atoms with Gasteiger partial charge in [0.1, 0.15) is 6.04 Å². The van der Waals surface area contributed by atoms with Gasteiger partial charge in [-0.05, 0) is 48.4 Å². The summed E-state index contributed by atoms with van der Waals surface area (Å²) < 4.78 is 70.0. The fourth-order valence-corrected chi connectivity index (χ4v) is 6.00. The maximum absolute atomic E-state index is 14.0. The third-order valence-corrected chi connectivity index (χ3v) is 7.23. The van der Waals surface area contributed by atoms with Gasteiger partial charge in [-0.25, -0.2) is 8.42 Å². The Hall–Kier alpha value is -1.51. The SMILES string of the molecule is Cc1cc(C)c(S(=O)(=O)NC(C(S)c2ccccc2C(C)(C)C)C(F)(F)F)c(C)c1. The lowest BCUT2D eigenvalue weighted by Crippen LogP contribution is -2.48. The number of alkyl halides is 3. The summed E-state index contributed by atoms with van der Waals surface area (Å²) in [4.78, 5) is -0.132. The van der Waals surface area contributed by atoms with Crippen LogP contribution in [0.2, 0.25) is 0 Å². The van der Waals surface area contributed by atoms with E-state index in [9.17, 15) is 21.6 Å². The van der Waals surface area contributed by atoms with E-state index in [2.05, 4.69) is 12.6 Å². The van der Waals surface area contributed by atoms with Gasteiger partial charge in [0.2, 0.25) is 10.0 Å². The van der Waals surface area contributed by atoms with Crippen molar-refractivity contribution < 1.29 is 21.6 Å². The molecule has 1 N–H and O–H groups in total. The summed E-state index contributed by atoms with van der Waals surface area (Å²) in [5, 5.41) is -1.42. The first-order chi connectivity index (χ1) is 13.6. The molecular weight excluding hydrogens is 431 g/mol. The maximum atomic E-state index is 14.0. The first-order valence-corrected chi connectivity index (χ1v) is 11.5. The highest BCUT2D eigenvalue weighted by Crippen LogP contribution is 2.40. The maximum Gasteiger partial charge on any atom is 0.406 e. The number of halogens is 3. The van der Waals surface area contributed by atoms with Crippen LogP contribution in [0.4, 0.5) is 13.2 Å². The number of sulfonamides is 1. The Morgan fingerprint density at radius 1 is 0.967 bits per heavy atom. The molecule has 0 bridgehead atoms. The molecule has 0 amide bonds. The summed E-state index contributed by atoms with van der Waals surface area (Å²) in [7, 11) is -4.44. The minimum absolute atomic E-state index is 0.132. The van der Waals surface area contributed by atoms with Crippen molar-refractivity contribution in [1.29, 1.82) is 0 Å². The van der Waals surface area contributed by atoms with E-state index in [-0.39, 0.29) is 4.90 Å². The molecule has 0 radical (unpaired) electrons. The fourth-order valence-electron chi connectivity index (χ4n) is 3.74. The molecule has 2 aromatic carbocycles. The predicted molar refractivity (Wildman–Crippen MR) is 118 cm³/mol. The molecule has 2 aromatic rings. The van der Waals surface area contributed by atoms with E-state index < -0.39 is 32.9 Å². The Morgan fingerprint density at radius 3 is 1.93 bits per heavy atom. The van der Waals surface area contributed by atoms with Crippen LogP contribution >= 0.6 is 12.6 Å². The molecule has 3 nitrogen and oxygen atoms in total. The molecule has 0 aliphatic rings. The summed E-state index contributed by atoms with van der Waals surface area (Å²) in [5.41, 5.74) is 2.22. The average Bonchev–Trinajstić information content (AvgIpc) is 2.56. The smallest absolute Gasteiger partial charge is 0.207 e. The molecule has 0 saturated heterocycles. The number of rotatable bonds is 5. The molecule has 0 aromatic heterocycles. The molecule has 8 heteroatoms. The van der Waals surface area contributed by atoms with Gasteiger partial charge in [-0.2, -0.15) is 30.5 Å². The highest BCUT2D eigenvalue weighted by molar-refractivity contribution is 7.89. The van der Waals surface area contributed by atoms with E-state index in [0.717, 1.165) is 5.56 Å². The minimum Gasteiger partial charge on any atom is -0.207 e. The number of benzene rings is 2. The van der Waals surface area contributed by atoms with E-state index in [1.165, 1.54) is 0 Å². The molecule has 0 saturated carbocycles. The number of nitrogens with one attached hydrogen (secondary N) is 1. The first kappa shape index (κ1) is 24.8. The molecule has 0 aliphatic carbocycles. The van der Waals surface area contributed by atoms with E-state index in [0.29, 0.717) is 22.3 Å². The second-order valence-corrected chi connectivity index (χ2v) is 10.9. The highest BCUT2D eigenvalue weighted by atomic mass is 32.2. The Kier molecular flexibility index (Phi) is 7.06. The van der Waals surface area contributed by atoms with Gasteiger partial charge >= 0.3 is 6.18 Å². The van der Waals surface area contributed by atoms with Crippen LogP contribution in [0.5, 0.6) is 0 Å². The lowest BCUT2D eigenvalue weighted by atomic mass is 9.82. The van der Waals surface area contributed by atoms with E-state index in [1.54, 1.807) is 57.2 Å². The quantitative estimate of drug-likeness (QED) is 0.556. The summed E-state index contributed by atoms with van der Waals surface area (Å²) in [6, 6.07) is 7.56. The van der Waals surface area contributed by atoms with Gasteiger partial charge in [-0.3, -0.25) is 0 Å². The average molecular weight is 460 g/mol. The zero-order chi connectivity index (χ0) is 23.1. The van der Waals surface area contributed by atoms with Crippen molar-refractivity contribution in [3.63, 3.8) is 0 Å². The van der Waals surface area contributed by atoms with Crippen LogP contribution in [0.25, 0.3) is 0 Å². The fraction of sp³-hybridized carbons (Fsp3) is 0.455. The molecule has 2 rings (SSSR count). The Balaban J connectivity index is 2.56. The van der Waals surface area contributed by atoms with Crippen LogP contribution in [-0.4, -0.2) is 20.6 Å². The lowest BCUT2D eigenvalue weighted by Gasteiger charge is -2.31. The topological polar surface area (TPSA) is 46.2 Å². The van der Waals surface area contributed by atoms with Crippen molar-refractivity contribution in [2.45, 2.75) is 69.3 Å². The number of hydrogen-bond donors (Lipinski definition) is 2. The first-order valence-electron chi connectivity index (χ1n) is 9.50. The van der Waals surface area contributed by atoms with Crippen LogP contribution in [0.3, 0.4) is 0 Å². The number of hydrogen-bond acceptors (Lipinski definition) is 3. The standard InChI is InChI=1S/C22H28F3NO2S2/c1-13-11-14(2)19(15(3)12-13)30(27,28)26-20(22(23,24)25)18(29)16-9-7-8-10-17(16)21(4,5)6/h7-12,18,20,26,29H,1-6H3. The summed E-state index contributed by atoms with van der Waals surface area (Å²) in [6.07, 6.45) is -4.84. The molecule has 166 valence electrons. The van der Waals surface area contributed by atoms with Gasteiger partial charge in [0, 0.05) is 0 Å². The summed E-state index contributed by atoms with van der Waals surface area (Å²) in [5.74, 6) is 0. The van der Waals surface area contributed by atoms with E-state index in [1.807, 2.05) is 25.5 Å². The monoisotopic (exact) mass is 459 g/mol. The van der Waals surface area contributed by atoms with E-state index >= 15 is 0 Å². The predicted octanol–water partition coefficient (Wildman–Crippen LogP) is 5.79. The zero-order valence-corrected chi connectivity index (χ0v) is 19.6. The lowest BCUT2D eigenvalue weighted by molar-refractivity contribution is -0.151. The molecule has 2 atom stereocenters. The van der Waals surface area contributed by atoms with Crippen molar-refractivity contribution in [1.82, 2.24) is 4.72 Å². The van der Waals surface area contributed by atoms with Crippen LogP contribution in [0.1, 0.15) is 53.8 Å². The van der Waals surface area contributed by atoms with Gasteiger partial charge in [-0.15, -0.1) is 0 Å². The normalized spacial score (nSPS) is 15.1. The largest absolute Gasteiger partial charge is 0.406 e. The number of aryl methyl sites for hydroxylation is 3. The third kappa shape index (κ3) is 5.39. The summed E-state index contributed by atoms with van der Waals surface area (Å²) >= 11 is 4.26. The second-order valence-electron chi connectivity index (χ2n) is 8.65. The Morgan fingerprint density at radius 2 is 1.47 bits per heavy atom. The van der Waals surface area contributed by atoms with Crippen molar-refractivity contribution in [3.8, 4) is 0 Å². The van der Waals surface area contributed by atoms with Crippen molar-refractivity contribution in [2.75, 3.05) is 0 Å². The third-order valence-electron chi connectivity index (χ3n) is 4.91. The highest BCUT2D eigenvalue weighted by Gasteiger charge is 2.47. The van der Waals surface area contributed by atoms with Gasteiger partial charge < -0.3 is 0 Å². The van der Waals surface area contributed by atoms with Crippen molar-refractivity contribution in [2.24, 2.45) is 0 Å². The molecule has 2 unspecified atom stereocenters. The van der Waals surface area contributed by atoms with Gasteiger partial charge in [0.25, 0.3) is 0 Å². The molecular formula is C22H28F3NO2S2. The molecule has 0 aliphatic heterocycles. The molecule has 0 heterocycles. The molecule has 0 spiro atoms. The Bertz CT molecular complexity index is 1000. The summed E-state index contributed by atoms with van der Waals surface area (Å²) in [6.45, 7) is 10.6. The van der Waals surface area contributed by atoms with Crippen molar-refractivity contribution in [3.05, 3.63) is 64.2 Å². The van der Waals surface area contributed by atoms with Crippen molar-refractivity contribution >= 4 is 22.7 Å². The van der Waals surface area contributed by atoms with Crippen LogP contribution < -0.4 is 4.72 Å². The second kappa shape index (κ2) is 8.55. The minimum atomic E-state index is -4.84. The molecule has 30 heavy (non-hydrogen) atoms. The van der Waals surface area contributed by atoms with Gasteiger partial charge in [0.05, 0.1) is 10.1 Å². The van der Waals surface area contributed by atoms with Crippen LogP contribution in [-0.2, 0) is 15.4 Å².